The third kappa shape index (κ3) is 3.60. The lowest BCUT2D eigenvalue weighted by atomic mass is 10.2. The molecule has 1 saturated heterocycles. The van der Waals surface area contributed by atoms with Crippen LogP contribution in [-0.2, 0) is 10.9 Å². The number of rotatable bonds is 1. The lowest BCUT2D eigenvalue weighted by Crippen LogP contribution is -2.43. The Hall–Kier alpha value is -1.76. The van der Waals surface area contributed by atoms with Gasteiger partial charge in [-0.3, -0.25) is 0 Å². The van der Waals surface area contributed by atoms with Crippen LogP contribution < -0.4 is 5.32 Å². The quantitative estimate of drug-likeness (QED) is 0.855. The molecule has 0 aromatic heterocycles. The minimum atomic E-state index is -4.37. The zero-order chi connectivity index (χ0) is 13.9. The van der Waals surface area contributed by atoms with Crippen molar-refractivity contribution in [3.63, 3.8) is 0 Å². The first-order valence-corrected chi connectivity index (χ1v) is 5.78. The molecule has 0 spiro atoms. The molecule has 1 aromatic rings. The maximum atomic E-state index is 12.4. The summed E-state index contributed by atoms with van der Waals surface area (Å²) in [6.45, 7) is 1.90. The van der Waals surface area contributed by atoms with Crippen molar-refractivity contribution >= 4 is 11.7 Å². The number of nitrogens with zero attached hydrogens (tertiary/aromatic N) is 1. The zero-order valence-electron chi connectivity index (χ0n) is 10.0. The maximum absolute atomic E-state index is 12.4. The van der Waals surface area contributed by atoms with Crippen LogP contribution in [0.5, 0.6) is 0 Å². The highest BCUT2D eigenvalue weighted by Gasteiger charge is 2.30. The molecular formula is C12H13F3N2O2. The molecular weight excluding hydrogens is 261 g/mol. The van der Waals surface area contributed by atoms with Gasteiger partial charge in [-0.2, -0.15) is 13.2 Å². The molecule has 0 unspecified atom stereocenters. The first-order valence-electron chi connectivity index (χ1n) is 5.78. The SMILES string of the molecule is O=C(Nc1ccc(C(F)(F)F)cc1)N1CCOCC1. The van der Waals surface area contributed by atoms with Crippen LogP contribution in [0.1, 0.15) is 5.56 Å². The van der Waals surface area contributed by atoms with Gasteiger partial charge < -0.3 is 15.0 Å². The molecule has 1 aliphatic rings. The number of amides is 2. The van der Waals surface area contributed by atoms with Gasteiger partial charge in [0, 0.05) is 18.8 Å². The van der Waals surface area contributed by atoms with Gasteiger partial charge in [-0.05, 0) is 24.3 Å². The van der Waals surface area contributed by atoms with Gasteiger partial charge >= 0.3 is 12.2 Å². The van der Waals surface area contributed by atoms with E-state index in [9.17, 15) is 18.0 Å². The van der Waals surface area contributed by atoms with Crippen molar-refractivity contribution in [2.24, 2.45) is 0 Å². The summed E-state index contributed by atoms with van der Waals surface area (Å²) in [6, 6.07) is 4.02. The topological polar surface area (TPSA) is 41.6 Å². The average molecular weight is 274 g/mol. The lowest BCUT2D eigenvalue weighted by molar-refractivity contribution is -0.137. The first kappa shape index (κ1) is 13.7. The predicted molar refractivity (Wildman–Crippen MR) is 62.9 cm³/mol. The van der Waals surface area contributed by atoms with E-state index >= 15 is 0 Å². The Kier molecular flexibility index (Phi) is 3.94. The second-order valence-corrected chi connectivity index (χ2v) is 4.10. The van der Waals surface area contributed by atoms with Crippen LogP contribution >= 0.6 is 0 Å². The van der Waals surface area contributed by atoms with Crippen LogP contribution in [0.15, 0.2) is 24.3 Å². The molecule has 0 radical (unpaired) electrons. The molecule has 1 aliphatic heterocycles. The molecule has 1 fully saturated rings. The number of morpholine rings is 1. The third-order valence-electron chi connectivity index (χ3n) is 2.76. The summed E-state index contributed by atoms with van der Waals surface area (Å²) in [6.07, 6.45) is -4.37. The molecule has 2 rings (SSSR count). The number of hydrogen-bond acceptors (Lipinski definition) is 2. The molecule has 0 aliphatic carbocycles. The Labute approximate surface area is 108 Å². The number of ether oxygens (including phenoxy) is 1. The van der Waals surface area contributed by atoms with Crippen molar-refractivity contribution in [1.29, 1.82) is 0 Å². The van der Waals surface area contributed by atoms with E-state index in [-0.39, 0.29) is 6.03 Å². The van der Waals surface area contributed by atoms with E-state index in [1.807, 2.05) is 0 Å². The molecule has 1 aromatic carbocycles. The van der Waals surface area contributed by atoms with Crippen molar-refractivity contribution in [3.8, 4) is 0 Å². The molecule has 4 nitrogen and oxygen atoms in total. The van der Waals surface area contributed by atoms with Gasteiger partial charge in [-0.25, -0.2) is 4.79 Å². The smallest absolute Gasteiger partial charge is 0.378 e. The summed E-state index contributed by atoms with van der Waals surface area (Å²) >= 11 is 0. The highest BCUT2D eigenvalue weighted by molar-refractivity contribution is 5.89. The molecule has 0 bridgehead atoms. The number of alkyl halides is 3. The zero-order valence-corrected chi connectivity index (χ0v) is 10.0. The summed E-state index contributed by atoms with van der Waals surface area (Å²) in [4.78, 5) is 13.3. The summed E-state index contributed by atoms with van der Waals surface area (Å²) in [5.41, 5.74) is -0.402. The Morgan fingerprint density at radius 2 is 1.74 bits per heavy atom. The largest absolute Gasteiger partial charge is 0.416 e. The number of benzene rings is 1. The van der Waals surface area contributed by atoms with Gasteiger partial charge in [0.15, 0.2) is 0 Å². The Morgan fingerprint density at radius 3 is 2.26 bits per heavy atom. The van der Waals surface area contributed by atoms with E-state index < -0.39 is 11.7 Å². The lowest BCUT2D eigenvalue weighted by Gasteiger charge is -2.26. The monoisotopic (exact) mass is 274 g/mol. The minimum Gasteiger partial charge on any atom is -0.378 e. The molecule has 1 heterocycles. The van der Waals surface area contributed by atoms with Gasteiger partial charge in [0.05, 0.1) is 18.8 Å². The average Bonchev–Trinajstić information content (AvgIpc) is 2.39. The van der Waals surface area contributed by atoms with Gasteiger partial charge in [-0.15, -0.1) is 0 Å². The van der Waals surface area contributed by atoms with E-state index in [1.165, 1.54) is 12.1 Å². The number of halogens is 3. The maximum Gasteiger partial charge on any atom is 0.416 e. The van der Waals surface area contributed by atoms with Gasteiger partial charge in [0.1, 0.15) is 0 Å². The molecule has 104 valence electrons. The Balaban J connectivity index is 1.97. The number of urea groups is 1. The van der Waals surface area contributed by atoms with Crippen LogP contribution in [0.4, 0.5) is 23.7 Å². The molecule has 2 amide bonds. The van der Waals surface area contributed by atoms with Gasteiger partial charge in [0.25, 0.3) is 0 Å². The number of carbonyl (C=O) groups is 1. The van der Waals surface area contributed by atoms with Crippen LogP contribution in [-0.4, -0.2) is 37.2 Å². The standard InChI is InChI=1S/C12H13F3N2O2/c13-12(14,15)9-1-3-10(4-2-9)16-11(18)17-5-7-19-8-6-17/h1-4H,5-8H2,(H,16,18). The number of carbonyl (C=O) groups excluding carboxylic acids is 1. The highest BCUT2D eigenvalue weighted by atomic mass is 19.4. The fourth-order valence-corrected chi connectivity index (χ4v) is 1.71. The number of hydrogen-bond donors (Lipinski definition) is 1. The summed E-state index contributed by atoms with van der Waals surface area (Å²) in [5, 5.41) is 2.55. The Bertz CT molecular complexity index is 439. The minimum absolute atomic E-state index is 0.331. The second-order valence-electron chi connectivity index (χ2n) is 4.10. The molecule has 0 saturated carbocycles. The predicted octanol–water partition coefficient (Wildman–Crippen LogP) is 2.57. The van der Waals surface area contributed by atoms with Crippen molar-refractivity contribution in [1.82, 2.24) is 4.90 Å². The Morgan fingerprint density at radius 1 is 1.16 bits per heavy atom. The second kappa shape index (κ2) is 5.48. The summed E-state index contributed by atoms with van der Waals surface area (Å²) < 4.78 is 42.2. The van der Waals surface area contributed by atoms with E-state index in [0.29, 0.717) is 32.0 Å². The van der Waals surface area contributed by atoms with Crippen molar-refractivity contribution in [2.75, 3.05) is 31.6 Å². The molecule has 19 heavy (non-hydrogen) atoms. The fraction of sp³-hybridized carbons (Fsp3) is 0.417. The highest BCUT2D eigenvalue weighted by Crippen LogP contribution is 2.29. The van der Waals surface area contributed by atoms with Crippen molar-refractivity contribution in [2.45, 2.75) is 6.18 Å². The molecule has 1 N–H and O–H groups in total. The molecule has 0 atom stereocenters. The number of nitrogens with one attached hydrogen (secondary N) is 1. The molecule has 7 heteroatoms. The van der Waals surface area contributed by atoms with Crippen LogP contribution in [0, 0.1) is 0 Å². The van der Waals surface area contributed by atoms with Crippen LogP contribution in [0.25, 0.3) is 0 Å². The van der Waals surface area contributed by atoms with Crippen molar-refractivity contribution in [3.05, 3.63) is 29.8 Å². The van der Waals surface area contributed by atoms with E-state index in [1.54, 1.807) is 4.90 Å². The van der Waals surface area contributed by atoms with E-state index in [4.69, 9.17) is 4.74 Å². The number of anilines is 1. The fourth-order valence-electron chi connectivity index (χ4n) is 1.71. The van der Waals surface area contributed by atoms with E-state index in [2.05, 4.69) is 5.32 Å². The third-order valence-corrected chi connectivity index (χ3v) is 2.76. The summed E-state index contributed by atoms with van der Waals surface area (Å²) in [7, 11) is 0. The van der Waals surface area contributed by atoms with Crippen LogP contribution in [0.2, 0.25) is 0 Å². The normalized spacial score (nSPS) is 16.3. The van der Waals surface area contributed by atoms with Crippen LogP contribution in [0.3, 0.4) is 0 Å². The summed E-state index contributed by atoms with van der Waals surface area (Å²) in [5.74, 6) is 0. The van der Waals surface area contributed by atoms with E-state index in [0.717, 1.165) is 12.1 Å². The van der Waals surface area contributed by atoms with Gasteiger partial charge in [-0.1, -0.05) is 0 Å². The first-order chi connectivity index (χ1) is 8.97. The van der Waals surface area contributed by atoms with Gasteiger partial charge in [0.2, 0.25) is 0 Å². The van der Waals surface area contributed by atoms with Crippen molar-refractivity contribution < 1.29 is 22.7 Å².